The van der Waals surface area contributed by atoms with Gasteiger partial charge < -0.3 is 5.32 Å². The monoisotopic (exact) mass is 302 g/mol. The summed E-state index contributed by atoms with van der Waals surface area (Å²) in [5.41, 5.74) is 0. The summed E-state index contributed by atoms with van der Waals surface area (Å²) in [5, 5.41) is 7.39. The van der Waals surface area contributed by atoms with Crippen LogP contribution in [0.4, 0.5) is 0 Å². The maximum Gasteiger partial charge on any atom is 0.246 e. The zero-order valence-corrected chi connectivity index (χ0v) is 13.7. The van der Waals surface area contributed by atoms with Crippen molar-refractivity contribution in [1.29, 1.82) is 0 Å². The van der Waals surface area contributed by atoms with Gasteiger partial charge in [-0.2, -0.15) is 9.40 Å². The van der Waals surface area contributed by atoms with Gasteiger partial charge in [0.25, 0.3) is 0 Å². The first kappa shape index (κ1) is 17.1. The molecule has 0 aromatic carbocycles. The molecule has 7 heteroatoms. The Morgan fingerprint density at radius 1 is 1.35 bits per heavy atom. The summed E-state index contributed by atoms with van der Waals surface area (Å²) in [5.74, 6) is 0. The van der Waals surface area contributed by atoms with Crippen LogP contribution in [0.3, 0.4) is 0 Å². The Kier molecular flexibility index (Phi) is 6.64. The van der Waals surface area contributed by atoms with Gasteiger partial charge in [-0.3, -0.25) is 4.68 Å². The predicted molar refractivity (Wildman–Crippen MR) is 80.1 cm³/mol. The molecule has 20 heavy (non-hydrogen) atoms. The molecule has 6 nitrogen and oxygen atoms in total. The molecule has 0 aliphatic rings. The lowest BCUT2D eigenvalue weighted by atomic mass is 10.4. The van der Waals surface area contributed by atoms with Crippen LogP contribution in [0.1, 0.15) is 34.1 Å². The highest BCUT2D eigenvalue weighted by atomic mass is 32.2. The lowest BCUT2D eigenvalue weighted by molar-refractivity contribution is 0.369. The number of nitrogens with zero attached hydrogens (tertiary/aromatic N) is 3. The Balaban J connectivity index is 2.75. The molecule has 1 heterocycles. The lowest BCUT2D eigenvalue weighted by Gasteiger charge is -2.23. The zero-order chi connectivity index (χ0) is 15.2. The minimum atomic E-state index is -3.44. The highest BCUT2D eigenvalue weighted by Gasteiger charge is 2.26. The molecular weight excluding hydrogens is 276 g/mol. The van der Waals surface area contributed by atoms with Crippen molar-refractivity contribution in [2.45, 2.75) is 51.6 Å². The SMILES string of the molecule is CCCNCCn1cc(S(=O)(=O)N(CC)C(C)C)cn1. The Hall–Kier alpha value is -0.920. The Labute approximate surface area is 122 Å². The fourth-order valence-corrected chi connectivity index (χ4v) is 3.64. The van der Waals surface area contributed by atoms with Crippen molar-refractivity contribution >= 4 is 10.0 Å². The van der Waals surface area contributed by atoms with Crippen LogP contribution in [0.15, 0.2) is 17.3 Å². The zero-order valence-electron chi connectivity index (χ0n) is 12.8. The van der Waals surface area contributed by atoms with Crippen molar-refractivity contribution in [3.8, 4) is 0 Å². The van der Waals surface area contributed by atoms with Crippen molar-refractivity contribution < 1.29 is 8.42 Å². The molecule has 0 unspecified atom stereocenters. The highest BCUT2D eigenvalue weighted by molar-refractivity contribution is 7.89. The molecule has 116 valence electrons. The fourth-order valence-electron chi connectivity index (χ4n) is 2.04. The standard InChI is InChI=1S/C13H26N4O2S/c1-5-7-14-8-9-16-11-13(10-15-16)20(18,19)17(6-2)12(3)4/h10-12,14H,5-9H2,1-4H3. The second-order valence-electron chi connectivity index (χ2n) is 4.99. The van der Waals surface area contributed by atoms with Gasteiger partial charge in [0.15, 0.2) is 0 Å². The number of sulfonamides is 1. The van der Waals surface area contributed by atoms with Crippen LogP contribution < -0.4 is 5.32 Å². The molecule has 0 saturated heterocycles. The van der Waals surface area contributed by atoms with E-state index in [-0.39, 0.29) is 10.9 Å². The molecule has 0 aliphatic carbocycles. The maximum atomic E-state index is 12.5. The van der Waals surface area contributed by atoms with Gasteiger partial charge in [-0.05, 0) is 26.8 Å². The molecule has 1 aromatic rings. The van der Waals surface area contributed by atoms with Crippen LogP contribution in [0, 0.1) is 0 Å². The first-order valence-corrected chi connectivity index (χ1v) is 8.62. The van der Waals surface area contributed by atoms with E-state index in [1.165, 1.54) is 10.5 Å². The van der Waals surface area contributed by atoms with Crippen molar-refractivity contribution in [2.75, 3.05) is 19.6 Å². The van der Waals surface area contributed by atoms with Crippen LogP contribution >= 0.6 is 0 Å². The smallest absolute Gasteiger partial charge is 0.246 e. The van der Waals surface area contributed by atoms with Crippen LogP contribution in [-0.2, 0) is 16.6 Å². The van der Waals surface area contributed by atoms with E-state index in [2.05, 4.69) is 17.3 Å². The third kappa shape index (κ3) is 4.29. The molecule has 0 atom stereocenters. The summed E-state index contributed by atoms with van der Waals surface area (Å²) in [6.45, 7) is 10.6. The number of hydrogen-bond acceptors (Lipinski definition) is 4. The van der Waals surface area contributed by atoms with Gasteiger partial charge in [-0.1, -0.05) is 13.8 Å². The molecule has 1 N–H and O–H groups in total. The number of hydrogen-bond donors (Lipinski definition) is 1. The average Bonchev–Trinajstić information content (AvgIpc) is 2.84. The maximum absolute atomic E-state index is 12.5. The van der Waals surface area contributed by atoms with E-state index in [9.17, 15) is 8.42 Å². The van der Waals surface area contributed by atoms with Gasteiger partial charge in [0.2, 0.25) is 10.0 Å². The first-order valence-electron chi connectivity index (χ1n) is 7.18. The van der Waals surface area contributed by atoms with E-state index in [0.29, 0.717) is 13.1 Å². The molecular formula is C13H26N4O2S. The third-order valence-electron chi connectivity index (χ3n) is 3.05. The molecule has 0 amide bonds. The van der Waals surface area contributed by atoms with Gasteiger partial charge in [-0.25, -0.2) is 8.42 Å². The van der Waals surface area contributed by atoms with Crippen LogP contribution in [0.25, 0.3) is 0 Å². The second-order valence-corrected chi connectivity index (χ2v) is 6.88. The number of aromatic nitrogens is 2. The van der Waals surface area contributed by atoms with Crippen LogP contribution in [-0.4, -0.2) is 48.2 Å². The molecule has 0 fully saturated rings. The molecule has 0 bridgehead atoms. The van der Waals surface area contributed by atoms with E-state index in [1.54, 1.807) is 10.9 Å². The highest BCUT2D eigenvalue weighted by Crippen LogP contribution is 2.17. The summed E-state index contributed by atoms with van der Waals surface area (Å²) < 4.78 is 28.0. The van der Waals surface area contributed by atoms with Gasteiger partial charge in [0.05, 0.1) is 12.7 Å². The quantitative estimate of drug-likeness (QED) is 0.698. The van der Waals surface area contributed by atoms with E-state index in [1.807, 2.05) is 20.8 Å². The summed E-state index contributed by atoms with van der Waals surface area (Å²) in [4.78, 5) is 0.267. The van der Waals surface area contributed by atoms with Gasteiger partial charge in [-0.15, -0.1) is 0 Å². The van der Waals surface area contributed by atoms with Crippen molar-refractivity contribution in [3.05, 3.63) is 12.4 Å². The number of rotatable bonds is 9. The van der Waals surface area contributed by atoms with Crippen LogP contribution in [0.5, 0.6) is 0 Å². The lowest BCUT2D eigenvalue weighted by Crippen LogP contribution is -2.36. The predicted octanol–water partition coefficient (Wildman–Crippen LogP) is 1.30. The topological polar surface area (TPSA) is 67.2 Å². The van der Waals surface area contributed by atoms with Gasteiger partial charge in [0, 0.05) is 25.3 Å². The third-order valence-corrected chi connectivity index (χ3v) is 5.15. The largest absolute Gasteiger partial charge is 0.315 e. The number of nitrogens with one attached hydrogen (secondary N) is 1. The van der Waals surface area contributed by atoms with Gasteiger partial charge >= 0.3 is 0 Å². The molecule has 0 spiro atoms. The molecule has 0 aliphatic heterocycles. The normalized spacial score (nSPS) is 12.5. The fraction of sp³-hybridized carbons (Fsp3) is 0.769. The average molecular weight is 302 g/mol. The van der Waals surface area contributed by atoms with E-state index >= 15 is 0 Å². The summed E-state index contributed by atoms with van der Waals surface area (Å²) in [7, 11) is -3.44. The van der Waals surface area contributed by atoms with Crippen molar-refractivity contribution in [3.63, 3.8) is 0 Å². The summed E-state index contributed by atoms with van der Waals surface area (Å²) in [6.07, 6.45) is 4.12. The van der Waals surface area contributed by atoms with E-state index in [0.717, 1.165) is 19.5 Å². The molecule has 1 aromatic heterocycles. The summed E-state index contributed by atoms with van der Waals surface area (Å²) >= 11 is 0. The summed E-state index contributed by atoms with van der Waals surface area (Å²) in [6, 6.07) is -0.0560. The second kappa shape index (κ2) is 7.75. The van der Waals surface area contributed by atoms with E-state index in [4.69, 9.17) is 0 Å². The molecule has 0 saturated carbocycles. The molecule has 0 radical (unpaired) electrons. The Morgan fingerprint density at radius 3 is 2.60 bits per heavy atom. The molecule has 1 rings (SSSR count). The Bertz CT molecular complexity index is 496. The van der Waals surface area contributed by atoms with E-state index < -0.39 is 10.0 Å². The van der Waals surface area contributed by atoms with Crippen molar-refractivity contribution in [2.24, 2.45) is 0 Å². The van der Waals surface area contributed by atoms with Crippen LogP contribution in [0.2, 0.25) is 0 Å². The van der Waals surface area contributed by atoms with Gasteiger partial charge in [0.1, 0.15) is 4.90 Å². The first-order chi connectivity index (χ1) is 9.43. The minimum absolute atomic E-state index is 0.0560. The minimum Gasteiger partial charge on any atom is -0.315 e. The van der Waals surface area contributed by atoms with Crippen molar-refractivity contribution in [1.82, 2.24) is 19.4 Å². The Morgan fingerprint density at radius 2 is 2.05 bits per heavy atom.